The fraction of sp³-hybridized carbons (Fsp3) is 0.0612. The summed E-state index contributed by atoms with van der Waals surface area (Å²) >= 11 is 0. The zero-order valence-electron chi connectivity index (χ0n) is 28.3. The first-order chi connectivity index (χ1) is 24.6. The Bertz CT molecular complexity index is 2490. The maximum absolute atomic E-state index is 2.47. The van der Waals surface area contributed by atoms with Gasteiger partial charge in [0, 0.05) is 22.4 Å². The van der Waals surface area contributed by atoms with Gasteiger partial charge in [-0.15, -0.1) is 0 Å². The van der Waals surface area contributed by atoms with E-state index in [9.17, 15) is 0 Å². The van der Waals surface area contributed by atoms with E-state index in [0.29, 0.717) is 0 Å². The molecule has 0 fully saturated rings. The second-order valence-electron chi connectivity index (χ2n) is 13.7. The predicted molar refractivity (Wildman–Crippen MR) is 213 cm³/mol. The summed E-state index contributed by atoms with van der Waals surface area (Å²) in [5.41, 5.74) is 16.0. The molecular weight excluding hydrogens is 603 g/mol. The van der Waals surface area contributed by atoms with Crippen LogP contribution in [0.2, 0.25) is 0 Å². The van der Waals surface area contributed by atoms with Gasteiger partial charge in [0.15, 0.2) is 0 Å². The van der Waals surface area contributed by atoms with Crippen LogP contribution in [0.1, 0.15) is 25.0 Å². The lowest BCUT2D eigenvalue weighted by Crippen LogP contribution is -2.17. The van der Waals surface area contributed by atoms with E-state index in [1.807, 2.05) is 0 Å². The first-order valence-corrected chi connectivity index (χ1v) is 17.4. The van der Waals surface area contributed by atoms with Crippen molar-refractivity contribution in [1.29, 1.82) is 0 Å². The molecular formula is C49H37N. The van der Waals surface area contributed by atoms with Gasteiger partial charge in [0.25, 0.3) is 0 Å². The average molecular weight is 640 g/mol. The fourth-order valence-corrected chi connectivity index (χ4v) is 8.01. The van der Waals surface area contributed by atoms with E-state index in [4.69, 9.17) is 0 Å². The Morgan fingerprint density at radius 2 is 1.00 bits per heavy atom. The van der Waals surface area contributed by atoms with Crippen molar-refractivity contribution in [3.05, 3.63) is 199 Å². The first-order valence-electron chi connectivity index (χ1n) is 17.4. The van der Waals surface area contributed by atoms with Crippen LogP contribution < -0.4 is 4.90 Å². The highest BCUT2D eigenvalue weighted by molar-refractivity contribution is 6.06. The summed E-state index contributed by atoms with van der Waals surface area (Å²) in [6, 6.07) is 68.6. The summed E-state index contributed by atoms with van der Waals surface area (Å²) in [5.74, 6) is 0. The van der Waals surface area contributed by atoms with Gasteiger partial charge in [-0.3, -0.25) is 0 Å². The zero-order chi connectivity index (χ0) is 33.7. The van der Waals surface area contributed by atoms with Gasteiger partial charge >= 0.3 is 0 Å². The molecule has 1 aliphatic carbocycles. The van der Waals surface area contributed by atoms with Crippen molar-refractivity contribution >= 4 is 27.8 Å². The van der Waals surface area contributed by atoms with Crippen molar-refractivity contribution in [3.8, 4) is 44.5 Å². The molecule has 0 aliphatic heterocycles. The number of fused-ring (bicyclic) bond motifs is 4. The van der Waals surface area contributed by atoms with E-state index in [0.717, 1.165) is 17.1 Å². The Hall–Kier alpha value is -6.18. The second-order valence-corrected chi connectivity index (χ2v) is 13.7. The number of nitrogens with zero attached hydrogens (tertiary/aromatic N) is 1. The molecule has 0 saturated carbocycles. The van der Waals surface area contributed by atoms with Crippen LogP contribution in [0.4, 0.5) is 17.1 Å². The normalized spacial score (nSPS) is 12.8. The molecule has 50 heavy (non-hydrogen) atoms. The highest BCUT2D eigenvalue weighted by atomic mass is 15.1. The van der Waals surface area contributed by atoms with Crippen LogP contribution in [0, 0.1) is 0 Å². The van der Waals surface area contributed by atoms with Crippen molar-refractivity contribution in [1.82, 2.24) is 0 Å². The smallest absolute Gasteiger partial charge is 0.0546 e. The first kappa shape index (κ1) is 29.9. The summed E-state index contributed by atoms with van der Waals surface area (Å²) in [6.07, 6.45) is 0. The maximum Gasteiger partial charge on any atom is 0.0546 e. The minimum atomic E-state index is -0.172. The molecule has 0 saturated heterocycles. The Morgan fingerprint density at radius 1 is 0.380 bits per heavy atom. The molecule has 0 radical (unpaired) electrons. The molecule has 0 N–H and O–H groups in total. The third-order valence-electron chi connectivity index (χ3n) is 10.4. The van der Waals surface area contributed by atoms with E-state index in [2.05, 4.69) is 207 Å². The Labute approximate surface area is 294 Å². The largest absolute Gasteiger partial charge is 0.310 e. The maximum atomic E-state index is 2.47. The minimum Gasteiger partial charge on any atom is -0.310 e. The van der Waals surface area contributed by atoms with E-state index >= 15 is 0 Å². The third kappa shape index (κ3) is 4.94. The predicted octanol–water partition coefficient (Wildman–Crippen LogP) is 13.6. The lowest BCUT2D eigenvalue weighted by atomic mass is 9.81. The summed E-state index contributed by atoms with van der Waals surface area (Å²) < 4.78 is 0. The zero-order valence-corrected chi connectivity index (χ0v) is 28.3. The lowest BCUT2D eigenvalue weighted by molar-refractivity contribution is 0.660. The molecule has 238 valence electrons. The molecule has 8 aromatic carbocycles. The van der Waals surface area contributed by atoms with Crippen LogP contribution in [-0.2, 0) is 5.41 Å². The quantitative estimate of drug-likeness (QED) is 0.175. The van der Waals surface area contributed by atoms with Crippen molar-refractivity contribution in [2.45, 2.75) is 19.3 Å². The summed E-state index contributed by atoms with van der Waals surface area (Å²) in [5, 5.41) is 2.47. The van der Waals surface area contributed by atoms with Gasteiger partial charge in [-0.25, -0.2) is 0 Å². The molecule has 0 spiro atoms. The van der Waals surface area contributed by atoms with Crippen LogP contribution in [-0.4, -0.2) is 0 Å². The van der Waals surface area contributed by atoms with Crippen molar-refractivity contribution in [2.24, 2.45) is 0 Å². The van der Waals surface area contributed by atoms with E-state index < -0.39 is 0 Å². The fourth-order valence-electron chi connectivity index (χ4n) is 8.01. The molecule has 0 unspecified atom stereocenters. The van der Waals surface area contributed by atoms with Gasteiger partial charge in [0.1, 0.15) is 0 Å². The average Bonchev–Trinajstić information content (AvgIpc) is 3.41. The summed E-state index contributed by atoms with van der Waals surface area (Å²) in [4.78, 5) is 2.47. The molecule has 8 aromatic rings. The van der Waals surface area contributed by atoms with Crippen LogP contribution >= 0.6 is 0 Å². The van der Waals surface area contributed by atoms with E-state index in [1.54, 1.807) is 0 Å². The molecule has 0 aromatic heterocycles. The number of anilines is 3. The van der Waals surface area contributed by atoms with Gasteiger partial charge in [0.2, 0.25) is 0 Å². The molecule has 1 aliphatic rings. The van der Waals surface area contributed by atoms with Crippen LogP contribution in [0.25, 0.3) is 55.3 Å². The molecule has 0 heterocycles. The summed E-state index contributed by atoms with van der Waals surface area (Å²) in [7, 11) is 0. The Balaban J connectivity index is 1.30. The third-order valence-corrected chi connectivity index (χ3v) is 10.4. The Kier molecular flexibility index (Phi) is 7.21. The van der Waals surface area contributed by atoms with Crippen molar-refractivity contribution in [2.75, 3.05) is 4.90 Å². The molecule has 9 rings (SSSR count). The molecule has 1 nitrogen and oxygen atoms in total. The molecule has 1 heteroatoms. The number of hydrogen-bond acceptors (Lipinski definition) is 1. The second kappa shape index (κ2) is 12.1. The van der Waals surface area contributed by atoms with Gasteiger partial charge in [-0.2, -0.15) is 0 Å². The minimum absolute atomic E-state index is 0.172. The topological polar surface area (TPSA) is 3.24 Å². The van der Waals surface area contributed by atoms with Gasteiger partial charge in [-0.1, -0.05) is 172 Å². The molecule has 0 atom stereocenters. The van der Waals surface area contributed by atoms with Crippen molar-refractivity contribution in [3.63, 3.8) is 0 Å². The van der Waals surface area contributed by atoms with E-state index in [1.165, 1.54) is 66.4 Å². The van der Waals surface area contributed by atoms with Crippen LogP contribution in [0.5, 0.6) is 0 Å². The number of hydrogen-bond donors (Lipinski definition) is 0. The highest BCUT2D eigenvalue weighted by Crippen LogP contribution is 2.54. The highest BCUT2D eigenvalue weighted by Gasteiger charge is 2.37. The van der Waals surface area contributed by atoms with Gasteiger partial charge < -0.3 is 4.90 Å². The molecule has 0 amide bonds. The lowest BCUT2D eigenvalue weighted by Gasteiger charge is -2.30. The summed E-state index contributed by atoms with van der Waals surface area (Å²) in [6.45, 7) is 4.75. The Morgan fingerprint density at radius 3 is 1.76 bits per heavy atom. The SMILES string of the molecule is CC1(C)c2cc(N(c3cccc(-c4ccccc4)c3)c3ccc4ccccc4c3-c3ccccc3)ccc2-c2c(-c3ccccc3)cccc21. The monoisotopic (exact) mass is 639 g/mol. The molecule has 0 bridgehead atoms. The number of benzene rings is 8. The van der Waals surface area contributed by atoms with Gasteiger partial charge in [0.05, 0.1) is 5.69 Å². The van der Waals surface area contributed by atoms with Crippen molar-refractivity contribution < 1.29 is 0 Å². The van der Waals surface area contributed by atoms with Gasteiger partial charge in [-0.05, 0) is 91.2 Å². The van der Waals surface area contributed by atoms with Crippen LogP contribution in [0.3, 0.4) is 0 Å². The number of rotatable bonds is 6. The van der Waals surface area contributed by atoms with Crippen LogP contribution in [0.15, 0.2) is 188 Å². The van der Waals surface area contributed by atoms with E-state index in [-0.39, 0.29) is 5.41 Å². The standard InChI is InChI=1S/C49H37N/c1-49(2)44-27-15-26-42(35-18-8-4-9-19-35)48(44)43-30-29-40(33-45(43)49)50(39-24-14-23-38(32-39)34-16-6-3-7-17-34)46-31-28-36-20-12-13-25-41(36)47(46)37-21-10-5-11-22-37/h3-33H,1-2H3.